The molecule has 4 saturated carbocycles. The molecule has 2 N–H and O–H groups in total. The minimum absolute atomic E-state index is 0.0108. The Kier molecular flexibility index (Phi) is 5.47. The molecule has 5 aliphatic rings. The minimum Gasteiger partial charge on any atom is -0.480 e. The summed E-state index contributed by atoms with van der Waals surface area (Å²) in [5.41, 5.74) is 3.87. The second-order valence-electron chi connectivity index (χ2n) is 12.1. The maximum Gasteiger partial charge on any atom is 0.326 e. The van der Waals surface area contributed by atoms with Crippen LogP contribution in [0.5, 0.6) is 0 Å². The Hall–Kier alpha value is -3.15. The third kappa shape index (κ3) is 3.91. The number of nitrogens with zero attached hydrogens (tertiary/aromatic N) is 1. The number of hydrogen-bond acceptors (Lipinski definition) is 3. The molecule has 4 aliphatic carbocycles. The Morgan fingerprint density at radius 2 is 1.53 bits per heavy atom. The largest absolute Gasteiger partial charge is 0.480 e. The SMILES string of the molecule is CC(C)[C@@H](C(=O)O)N1Cc2ccc(-c3ccc(C(=O)NC45CC6CC(CC(C6)C4)C5)cc3)cc2C1=O. The lowest BCUT2D eigenvalue weighted by atomic mass is 9.53. The molecule has 6 nitrogen and oxygen atoms in total. The molecule has 4 bridgehead atoms. The Morgan fingerprint density at radius 1 is 0.944 bits per heavy atom. The van der Waals surface area contributed by atoms with E-state index in [1.165, 1.54) is 24.2 Å². The van der Waals surface area contributed by atoms with Gasteiger partial charge >= 0.3 is 5.97 Å². The van der Waals surface area contributed by atoms with Crippen molar-refractivity contribution in [1.82, 2.24) is 10.2 Å². The van der Waals surface area contributed by atoms with Crippen LogP contribution in [-0.2, 0) is 11.3 Å². The van der Waals surface area contributed by atoms with Crippen LogP contribution in [0.15, 0.2) is 42.5 Å². The number of benzene rings is 2. The van der Waals surface area contributed by atoms with Crippen molar-refractivity contribution >= 4 is 17.8 Å². The maximum atomic E-state index is 13.2. The van der Waals surface area contributed by atoms with Gasteiger partial charge in [-0.2, -0.15) is 0 Å². The minimum atomic E-state index is -0.978. The Balaban J connectivity index is 1.18. The highest BCUT2D eigenvalue weighted by atomic mass is 16.4. The van der Waals surface area contributed by atoms with Crippen LogP contribution in [0.1, 0.15) is 78.7 Å². The highest BCUT2D eigenvalue weighted by Gasteiger charge is 2.51. The first-order valence-electron chi connectivity index (χ1n) is 13.3. The number of carboxylic acids is 1. The molecule has 6 heteroatoms. The quantitative estimate of drug-likeness (QED) is 0.594. The van der Waals surface area contributed by atoms with E-state index in [1.54, 1.807) is 0 Å². The van der Waals surface area contributed by atoms with Crippen LogP contribution < -0.4 is 5.32 Å². The lowest BCUT2D eigenvalue weighted by molar-refractivity contribution is -0.144. The fourth-order valence-electron chi connectivity index (χ4n) is 7.90. The molecule has 0 unspecified atom stereocenters. The van der Waals surface area contributed by atoms with Crippen molar-refractivity contribution < 1.29 is 19.5 Å². The average Bonchev–Trinajstić information content (AvgIpc) is 3.13. The molecule has 36 heavy (non-hydrogen) atoms. The summed E-state index contributed by atoms with van der Waals surface area (Å²) in [6.07, 6.45) is 7.42. The second kappa shape index (κ2) is 8.46. The van der Waals surface area contributed by atoms with Gasteiger partial charge in [-0.05, 0) is 97.1 Å². The van der Waals surface area contributed by atoms with Gasteiger partial charge in [-0.15, -0.1) is 0 Å². The van der Waals surface area contributed by atoms with Crippen LogP contribution in [0.3, 0.4) is 0 Å². The topological polar surface area (TPSA) is 86.7 Å². The molecule has 0 aromatic heterocycles. The Bertz CT molecular complexity index is 1200. The van der Waals surface area contributed by atoms with Gasteiger partial charge in [0, 0.05) is 23.2 Å². The third-order valence-corrected chi connectivity index (χ3v) is 9.06. The monoisotopic (exact) mass is 486 g/mol. The molecule has 0 saturated heterocycles. The van der Waals surface area contributed by atoms with E-state index in [4.69, 9.17) is 0 Å². The fourth-order valence-corrected chi connectivity index (χ4v) is 7.90. The molecule has 2 amide bonds. The summed E-state index contributed by atoms with van der Waals surface area (Å²) in [5.74, 6) is 0.957. The predicted octanol–water partition coefficient (Wildman–Crippen LogP) is 5.12. The normalized spacial score (nSPS) is 28.9. The van der Waals surface area contributed by atoms with Crippen molar-refractivity contribution in [2.75, 3.05) is 0 Å². The molecule has 1 heterocycles. The highest BCUT2D eigenvalue weighted by Crippen LogP contribution is 2.55. The molecular formula is C30H34N2O4. The van der Waals surface area contributed by atoms with Gasteiger partial charge in [0.1, 0.15) is 6.04 Å². The number of fused-ring (bicyclic) bond motifs is 1. The number of carbonyl (C=O) groups is 3. The second-order valence-corrected chi connectivity index (χ2v) is 12.1. The molecule has 1 atom stereocenters. The summed E-state index contributed by atoms with van der Waals surface area (Å²) in [5, 5.41) is 13.1. The van der Waals surface area contributed by atoms with Crippen molar-refractivity contribution in [3.8, 4) is 11.1 Å². The molecule has 2 aromatic carbocycles. The number of amides is 2. The van der Waals surface area contributed by atoms with Crippen LogP contribution >= 0.6 is 0 Å². The van der Waals surface area contributed by atoms with Gasteiger partial charge in [0.2, 0.25) is 0 Å². The summed E-state index contributed by atoms with van der Waals surface area (Å²) in [7, 11) is 0. The molecule has 0 radical (unpaired) electrons. The Morgan fingerprint density at radius 3 is 2.08 bits per heavy atom. The number of carbonyl (C=O) groups excluding carboxylic acids is 2. The number of aliphatic carboxylic acids is 1. The van der Waals surface area contributed by atoms with E-state index in [2.05, 4.69) is 5.32 Å². The number of hydrogen-bond donors (Lipinski definition) is 2. The van der Waals surface area contributed by atoms with Crippen LogP contribution in [-0.4, -0.2) is 39.4 Å². The van der Waals surface area contributed by atoms with Crippen LogP contribution in [0.25, 0.3) is 11.1 Å². The standard InChI is InChI=1S/C30H34N2O4/c1-17(2)26(29(35)36)32-16-24-8-7-23(12-25(24)28(32)34)21-3-5-22(6-4-21)27(33)31-30-13-18-9-19(14-30)11-20(10-18)15-30/h3-8,12,17-20,26H,9-11,13-16H2,1-2H3,(H,31,33)(H,35,36)/t18?,19?,20?,26-,30?/m0/s1. The van der Waals surface area contributed by atoms with Gasteiger partial charge in [0.25, 0.3) is 11.8 Å². The van der Waals surface area contributed by atoms with Crippen molar-refractivity contribution in [2.24, 2.45) is 23.7 Å². The van der Waals surface area contributed by atoms with E-state index in [0.717, 1.165) is 53.7 Å². The molecule has 0 spiro atoms. The summed E-state index contributed by atoms with van der Waals surface area (Å²) in [4.78, 5) is 39.5. The molecular weight excluding hydrogens is 452 g/mol. The first kappa shape index (κ1) is 23.3. The smallest absolute Gasteiger partial charge is 0.326 e. The van der Waals surface area contributed by atoms with E-state index >= 15 is 0 Å². The zero-order chi connectivity index (χ0) is 25.2. The Labute approximate surface area is 212 Å². The van der Waals surface area contributed by atoms with Crippen molar-refractivity contribution in [3.05, 3.63) is 59.2 Å². The van der Waals surface area contributed by atoms with Gasteiger partial charge in [-0.1, -0.05) is 38.1 Å². The zero-order valence-corrected chi connectivity index (χ0v) is 21.0. The van der Waals surface area contributed by atoms with Crippen molar-refractivity contribution in [3.63, 3.8) is 0 Å². The van der Waals surface area contributed by atoms with Gasteiger partial charge < -0.3 is 15.3 Å². The molecule has 2 aromatic rings. The third-order valence-electron chi connectivity index (χ3n) is 9.06. The molecule has 188 valence electrons. The van der Waals surface area contributed by atoms with Gasteiger partial charge in [-0.25, -0.2) is 4.79 Å². The summed E-state index contributed by atoms with van der Waals surface area (Å²) >= 11 is 0. The summed E-state index contributed by atoms with van der Waals surface area (Å²) < 4.78 is 0. The fraction of sp³-hybridized carbons (Fsp3) is 0.500. The van der Waals surface area contributed by atoms with Gasteiger partial charge in [0.05, 0.1) is 0 Å². The van der Waals surface area contributed by atoms with E-state index < -0.39 is 12.0 Å². The highest BCUT2D eigenvalue weighted by molar-refractivity contribution is 6.01. The van der Waals surface area contributed by atoms with Crippen LogP contribution in [0.4, 0.5) is 0 Å². The number of nitrogens with one attached hydrogen (secondary N) is 1. The van der Waals surface area contributed by atoms with E-state index in [9.17, 15) is 19.5 Å². The molecule has 7 rings (SSSR count). The first-order valence-corrected chi connectivity index (χ1v) is 13.3. The van der Waals surface area contributed by atoms with E-state index in [1.807, 2.05) is 56.3 Å². The lowest BCUT2D eigenvalue weighted by Gasteiger charge is -2.56. The van der Waals surface area contributed by atoms with Crippen LogP contribution in [0, 0.1) is 23.7 Å². The average molecular weight is 487 g/mol. The molecule has 4 fully saturated rings. The van der Waals surface area contributed by atoms with E-state index in [0.29, 0.717) is 17.7 Å². The lowest BCUT2D eigenvalue weighted by Crippen LogP contribution is -2.59. The van der Waals surface area contributed by atoms with Gasteiger partial charge in [-0.3, -0.25) is 9.59 Å². The van der Waals surface area contributed by atoms with E-state index in [-0.39, 0.29) is 23.3 Å². The predicted molar refractivity (Wildman–Crippen MR) is 136 cm³/mol. The first-order chi connectivity index (χ1) is 17.2. The van der Waals surface area contributed by atoms with Crippen molar-refractivity contribution in [2.45, 2.75) is 70.5 Å². The molecule has 1 aliphatic heterocycles. The maximum absolute atomic E-state index is 13.2. The summed E-state index contributed by atoms with van der Waals surface area (Å²) in [6.45, 7) is 3.95. The zero-order valence-electron chi connectivity index (χ0n) is 21.0. The number of carboxylic acid groups (broad SMARTS) is 1. The summed E-state index contributed by atoms with van der Waals surface area (Å²) in [6, 6.07) is 12.5. The number of rotatable bonds is 6. The van der Waals surface area contributed by atoms with Crippen LogP contribution in [0.2, 0.25) is 0 Å². The van der Waals surface area contributed by atoms with Crippen molar-refractivity contribution in [1.29, 1.82) is 0 Å². The van der Waals surface area contributed by atoms with Gasteiger partial charge in [0.15, 0.2) is 0 Å².